The first-order chi connectivity index (χ1) is 14.5. The molecular formula is C18H22ClFN6O4S. The molecule has 0 saturated heterocycles. The van der Waals surface area contributed by atoms with E-state index in [1.54, 1.807) is 17.8 Å². The largest absolute Gasteiger partial charge is 0.352 e. The summed E-state index contributed by atoms with van der Waals surface area (Å²) in [7, 11) is -2.15. The van der Waals surface area contributed by atoms with Crippen molar-refractivity contribution in [2.75, 3.05) is 5.75 Å². The fourth-order valence-corrected chi connectivity index (χ4v) is 5.04. The summed E-state index contributed by atoms with van der Waals surface area (Å²) in [5.41, 5.74) is 7.54. The zero-order chi connectivity index (χ0) is 22.8. The lowest BCUT2D eigenvalue weighted by Crippen LogP contribution is -2.44. The van der Waals surface area contributed by atoms with E-state index < -0.39 is 33.3 Å². The molecule has 1 saturated carbocycles. The van der Waals surface area contributed by atoms with E-state index in [0.717, 1.165) is 0 Å². The Morgan fingerprint density at radius 3 is 2.74 bits per heavy atom. The van der Waals surface area contributed by atoms with Gasteiger partial charge in [-0.3, -0.25) is 10.2 Å². The number of carbonyl (C=O) groups excluding carboxylic acids is 2. The number of rotatable bonds is 7. The number of benzene rings is 1. The summed E-state index contributed by atoms with van der Waals surface area (Å²) in [5.74, 6) is -2.46. The van der Waals surface area contributed by atoms with Crippen LogP contribution in [0.5, 0.6) is 0 Å². The van der Waals surface area contributed by atoms with E-state index in [1.807, 2.05) is 10.3 Å². The Morgan fingerprint density at radius 2 is 2.10 bits per heavy atom. The third-order valence-electron chi connectivity index (χ3n) is 4.94. The number of aromatic nitrogens is 2. The first kappa shape index (κ1) is 23.0. The molecule has 2 aromatic rings. The molecule has 5 N–H and O–H groups in total. The van der Waals surface area contributed by atoms with E-state index in [4.69, 9.17) is 17.3 Å². The maximum absolute atomic E-state index is 14.4. The third kappa shape index (κ3) is 5.93. The lowest BCUT2D eigenvalue weighted by Gasteiger charge is -2.14. The van der Waals surface area contributed by atoms with Crippen molar-refractivity contribution in [1.82, 2.24) is 25.1 Å². The normalized spacial score (nSPS) is 18.7. The van der Waals surface area contributed by atoms with Crippen LogP contribution in [0.3, 0.4) is 0 Å². The van der Waals surface area contributed by atoms with E-state index >= 15 is 0 Å². The van der Waals surface area contributed by atoms with Crippen molar-refractivity contribution in [1.29, 1.82) is 0 Å². The monoisotopic (exact) mass is 472 g/mol. The molecule has 0 spiro atoms. The van der Waals surface area contributed by atoms with Crippen molar-refractivity contribution < 1.29 is 22.4 Å². The lowest BCUT2D eigenvalue weighted by molar-refractivity contribution is 0.0941. The second-order valence-electron chi connectivity index (χ2n) is 7.47. The van der Waals surface area contributed by atoms with Gasteiger partial charge in [0.05, 0.1) is 28.4 Å². The average molecular weight is 473 g/mol. The van der Waals surface area contributed by atoms with Crippen LogP contribution in [-0.4, -0.2) is 41.7 Å². The van der Waals surface area contributed by atoms with Gasteiger partial charge >= 0.3 is 6.03 Å². The maximum Gasteiger partial charge on any atom is 0.312 e. The number of hydrogen-bond acceptors (Lipinski definition) is 5. The lowest BCUT2D eigenvalue weighted by atomic mass is 10.1. The number of carbonyl (C=O) groups is 2. The van der Waals surface area contributed by atoms with Crippen LogP contribution in [0.25, 0.3) is 11.3 Å². The van der Waals surface area contributed by atoms with E-state index in [0.29, 0.717) is 30.5 Å². The van der Waals surface area contributed by atoms with Crippen LogP contribution in [0.1, 0.15) is 29.6 Å². The summed E-state index contributed by atoms with van der Waals surface area (Å²) in [5, 5.41) is 2.26. The standard InChI is InChI=1S/C18H22ClFN6O4S/c1-26-7-15(22-9-26)11-5-13(16(20)14(19)6-11)17(27)24-25-31(29,30)8-10-2-3-12(4-10)23-18(21)28/h5-7,9-10,12,25H,2-4,8H2,1H3,(H,24,27)(H3,21,23,28). The molecule has 1 aliphatic carbocycles. The molecule has 3 amide bonds. The Hall–Kier alpha value is -2.70. The van der Waals surface area contributed by atoms with Crippen LogP contribution in [0, 0.1) is 11.7 Å². The number of nitrogens with two attached hydrogens (primary N) is 1. The number of hydrazine groups is 1. The zero-order valence-corrected chi connectivity index (χ0v) is 18.1. The summed E-state index contributed by atoms with van der Waals surface area (Å²) in [6.45, 7) is 0. The summed E-state index contributed by atoms with van der Waals surface area (Å²) in [6, 6.07) is 1.73. The van der Waals surface area contributed by atoms with Crippen molar-refractivity contribution in [3.05, 3.63) is 41.1 Å². The predicted octanol–water partition coefficient (Wildman–Crippen LogP) is 1.28. The van der Waals surface area contributed by atoms with Gasteiger partial charge in [-0.2, -0.15) is 0 Å². The van der Waals surface area contributed by atoms with Crippen LogP contribution >= 0.6 is 11.6 Å². The fourth-order valence-electron chi connectivity index (χ4n) is 3.57. The van der Waals surface area contributed by atoms with Crippen LogP contribution in [0.2, 0.25) is 5.02 Å². The number of primary amides is 1. The van der Waals surface area contributed by atoms with Crippen LogP contribution in [0.15, 0.2) is 24.7 Å². The van der Waals surface area contributed by atoms with Gasteiger partial charge in [-0.05, 0) is 37.3 Å². The predicted molar refractivity (Wildman–Crippen MR) is 112 cm³/mol. The van der Waals surface area contributed by atoms with Crippen molar-refractivity contribution in [3.8, 4) is 11.3 Å². The van der Waals surface area contributed by atoms with E-state index in [9.17, 15) is 22.4 Å². The topological polar surface area (TPSA) is 148 Å². The number of sulfonamides is 1. The number of aryl methyl sites for hydroxylation is 1. The number of hydrogen-bond donors (Lipinski definition) is 4. The summed E-state index contributed by atoms with van der Waals surface area (Å²) < 4.78 is 40.7. The van der Waals surface area contributed by atoms with Gasteiger partial charge in [0.1, 0.15) is 0 Å². The summed E-state index contributed by atoms with van der Waals surface area (Å²) >= 11 is 5.91. The van der Waals surface area contributed by atoms with Crippen LogP contribution < -0.4 is 21.3 Å². The highest BCUT2D eigenvalue weighted by Gasteiger charge is 2.29. The Bertz CT molecular complexity index is 1110. The molecule has 1 aliphatic rings. The molecule has 0 bridgehead atoms. The number of nitrogens with zero attached hydrogens (tertiary/aromatic N) is 2. The zero-order valence-electron chi connectivity index (χ0n) is 16.6. The van der Waals surface area contributed by atoms with E-state index in [2.05, 4.69) is 10.3 Å². The molecule has 10 nitrogen and oxygen atoms in total. The Kier molecular flexibility index (Phi) is 6.82. The van der Waals surface area contributed by atoms with Crippen molar-refractivity contribution in [2.24, 2.45) is 18.7 Å². The van der Waals surface area contributed by atoms with Gasteiger partial charge in [0.25, 0.3) is 5.91 Å². The van der Waals surface area contributed by atoms with Gasteiger partial charge in [-0.1, -0.05) is 11.6 Å². The molecule has 2 atom stereocenters. The molecule has 13 heteroatoms. The number of halogens is 2. The number of nitrogens with one attached hydrogen (secondary N) is 3. The highest BCUT2D eigenvalue weighted by Crippen LogP contribution is 2.28. The van der Waals surface area contributed by atoms with Gasteiger partial charge in [0.2, 0.25) is 10.0 Å². The second kappa shape index (κ2) is 9.20. The van der Waals surface area contributed by atoms with Crippen LogP contribution in [0.4, 0.5) is 9.18 Å². The second-order valence-corrected chi connectivity index (χ2v) is 9.64. The molecule has 0 aliphatic heterocycles. The Morgan fingerprint density at radius 1 is 1.35 bits per heavy atom. The molecule has 1 aromatic carbocycles. The molecule has 31 heavy (non-hydrogen) atoms. The van der Waals surface area contributed by atoms with Crippen molar-refractivity contribution >= 4 is 33.6 Å². The van der Waals surface area contributed by atoms with Crippen LogP contribution in [-0.2, 0) is 17.1 Å². The van der Waals surface area contributed by atoms with Gasteiger partial charge < -0.3 is 15.6 Å². The average Bonchev–Trinajstić information content (AvgIpc) is 3.30. The molecule has 2 unspecified atom stereocenters. The quantitative estimate of drug-likeness (QED) is 0.448. The molecule has 168 valence electrons. The number of imidazole rings is 1. The minimum atomic E-state index is -3.90. The summed E-state index contributed by atoms with van der Waals surface area (Å²) in [6.07, 6.45) is 4.84. The first-order valence-electron chi connectivity index (χ1n) is 9.37. The Balaban J connectivity index is 1.65. The molecule has 0 radical (unpaired) electrons. The fraction of sp³-hybridized carbons (Fsp3) is 0.389. The smallest absolute Gasteiger partial charge is 0.312 e. The highest BCUT2D eigenvalue weighted by atomic mass is 35.5. The minimum absolute atomic E-state index is 0.183. The first-order valence-corrected chi connectivity index (χ1v) is 11.4. The van der Waals surface area contributed by atoms with Crippen molar-refractivity contribution in [2.45, 2.75) is 25.3 Å². The van der Waals surface area contributed by atoms with E-state index in [-0.39, 0.29) is 22.7 Å². The van der Waals surface area contributed by atoms with Gasteiger partial charge in [0.15, 0.2) is 5.82 Å². The minimum Gasteiger partial charge on any atom is -0.352 e. The molecule has 1 aromatic heterocycles. The SMILES string of the molecule is Cn1cnc(-c2cc(Cl)c(F)c(C(=O)NNS(=O)(=O)CC3CCC(NC(N)=O)C3)c2)c1. The van der Waals surface area contributed by atoms with Gasteiger partial charge in [-0.15, -0.1) is 4.83 Å². The molecule has 3 rings (SSSR count). The molecular weight excluding hydrogens is 451 g/mol. The Labute approximate surface area is 183 Å². The van der Waals surface area contributed by atoms with Gasteiger partial charge in [-0.25, -0.2) is 22.6 Å². The third-order valence-corrected chi connectivity index (χ3v) is 6.53. The van der Waals surface area contributed by atoms with Gasteiger partial charge in [0, 0.05) is 24.8 Å². The highest BCUT2D eigenvalue weighted by molar-refractivity contribution is 7.89. The maximum atomic E-state index is 14.4. The van der Waals surface area contributed by atoms with E-state index in [1.165, 1.54) is 18.5 Å². The summed E-state index contributed by atoms with van der Waals surface area (Å²) in [4.78, 5) is 29.5. The van der Waals surface area contributed by atoms with Crippen molar-refractivity contribution in [3.63, 3.8) is 0 Å². The number of urea groups is 1. The number of amides is 3. The molecule has 1 heterocycles. The molecule has 1 fully saturated rings.